The van der Waals surface area contributed by atoms with E-state index in [1.807, 2.05) is 13.8 Å². The number of carbonyl (C=O) groups excluding carboxylic acids is 1. The molecule has 2 heteroatoms. The Bertz CT molecular complexity index is 344. The molecule has 0 aliphatic heterocycles. The first kappa shape index (κ1) is 11.8. The first-order chi connectivity index (χ1) is 7.00. The molecule has 0 fully saturated rings. The lowest BCUT2D eigenvalue weighted by atomic mass is 9.99. The third-order valence-electron chi connectivity index (χ3n) is 2.55. The molecule has 0 aliphatic rings. The van der Waals surface area contributed by atoms with Gasteiger partial charge in [0.2, 0.25) is 0 Å². The lowest BCUT2D eigenvalue weighted by Crippen LogP contribution is -1.95. The Kier molecular flexibility index (Phi) is 3.89. The van der Waals surface area contributed by atoms with Crippen LogP contribution in [-0.2, 0) is 11.2 Å². The van der Waals surface area contributed by atoms with Gasteiger partial charge in [-0.05, 0) is 56.4 Å². The predicted molar refractivity (Wildman–Crippen MR) is 61.2 cm³/mol. The van der Waals surface area contributed by atoms with Crippen molar-refractivity contribution in [3.05, 3.63) is 28.8 Å². The number of phenolic OH excluding ortho intramolecular Hbond substituents is 1. The average molecular weight is 206 g/mol. The second kappa shape index (κ2) is 4.96. The Labute approximate surface area is 90.9 Å². The maximum Gasteiger partial charge on any atom is 0.129 e. The van der Waals surface area contributed by atoms with E-state index in [4.69, 9.17) is 0 Å². The van der Waals surface area contributed by atoms with Crippen molar-refractivity contribution in [3.8, 4) is 5.75 Å². The van der Waals surface area contributed by atoms with Gasteiger partial charge in [-0.1, -0.05) is 6.07 Å². The van der Waals surface area contributed by atoms with Crippen molar-refractivity contribution in [3.63, 3.8) is 0 Å². The Morgan fingerprint density at radius 1 is 1.33 bits per heavy atom. The number of Topliss-reactive ketones (excluding diaryl/α,β-unsaturated/α-hetero) is 1. The molecule has 0 radical (unpaired) electrons. The zero-order valence-electron chi connectivity index (χ0n) is 9.63. The van der Waals surface area contributed by atoms with Gasteiger partial charge in [-0.3, -0.25) is 0 Å². The number of ketones is 1. The zero-order chi connectivity index (χ0) is 11.4. The Balaban J connectivity index is 2.72. The van der Waals surface area contributed by atoms with Crippen LogP contribution in [0.2, 0.25) is 0 Å². The fraction of sp³-hybridized carbons (Fsp3) is 0.462. The van der Waals surface area contributed by atoms with E-state index in [-0.39, 0.29) is 5.78 Å². The van der Waals surface area contributed by atoms with Crippen molar-refractivity contribution in [1.29, 1.82) is 0 Å². The van der Waals surface area contributed by atoms with Gasteiger partial charge in [0, 0.05) is 6.42 Å². The number of carbonyl (C=O) groups is 1. The third kappa shape index (κ3) is 3.39. The number of benzene rings is 1. The molecule has 0 heterocycles. The van der Waals surface area contributed by atoms with Gasteiger partial charge in [-0.25, -0.2) is 0 Å². The minimum Gasteiger partial charge on any atom is -0.508 e. The quantitative estimate of drug-likeness (QED) is 0.822. The topological polar surface area (TPSA) is 37.3 Å². The van der Waals surface area contributed by atoms with Gasteiger partial charge in [-0.15, -0.1) is 0 Å². The molecule has 0 unspecified atom stereocenters. The SMILES string of the molecule is CC(=O)CCCc1c(C)cc(C)cc1O. The van der Waals surface area contributed by atoms with Crippen LogP contribution in [0.15, 0.2) is 12.1 Å². The second-order valence-electron chi connectivity index (χ2n) is 4.14. The minimum absolute atomic E-state index is 0.208. The molecule has 0 spiro atoms. The molecule has 0 aliphatic carbocycles. The van der Waals surface area contributed by atoms with Crippen molar-refractivity contribution >= 4 is 5.78 Å². The highest BCUT2D eigenvalue weighted by Crippen LogP contribution is 2.24. The minimum atomic E-state index is 0.208. The maximum atomic E-state index is 10.8. The van der Waals surface area contributed by atoms with Crippen molar-refractivity contribution in [2.24, 2.45) is 0 Å². The van der Waals surface area contributed by atoms with Crippen molar-refractivity contribution in [2.75, 3.05) is 0 Å². The Morgan fingerprint density at radius 2 is 2.00 bits per heavy atom. The summed E-state index contributed by atoms with van der Waals surface area (Å²) >= 11 is 0. The van der Waals surface area contributed by atoms with Gasteiger partial charge in [0.1, 0.15) is 11.5 Å². The number of rotatable bonds is 4. The van der Waals surface area contributed by atoms with Crippen LogP contribution in [0.25, 0.3) is 0 Å². The first-order valence-electron chi connectivity index (χ1n) is 5.29. The summed E-state index contributed by atoms with van der Waals surface area (Å²) in [5.74, 6) is 0.565. The zero-order valence-corrected chi connectivity index (χ0v) is 9.63. The highest BCUT2D eigenvalue weighted by molar-refractivity contribution is 5.75. The molecule has 0 saturated carbocycles. The third-order valence-corrected chi connectivity index (χ3v) is 2.55. The summed E-state index contributed by atoms with van der Waals surface area (Å²) in [6.45, 7) is 5.56. The van der Waals surface area contributed by atoms with E-state index in [0.717, 1.165) is 29.5 Å². The molecule has 2 nitrogen and oxygen atoms in total. The van der Waals surface area contributed by atoms with E-state index in [2.05, 4.69) is 6.07 Å². The number of aryl methyl sites for hydroxylation is 2. The van der Waals surface area contributed by atoms with E-state index < -0.39 is 0 Å². The largest absolute Gasteiger partial charge is 0.508 e. The molecule has 0 saturated heterocycles. The molecule has 0 bridgehead atoms. The first-order valence-corrected chi connectivity index (χ1v) is 5.29. The summed E-state index contributed by atoms with van der Waals surface area (Å²) in [5.41, 5.74) is 3.15. The standard InChI is InChI=1S/C13H18O2/c1-9-7-10(2)12(13(15)8-9)6-4-5-11(3)14/h7-8,15H,4-6H2,1-3H3. The van der Waals surface area contributed by atoms with Gasteiger partial charge in [0.25, 0.3) is 0 Å². The molecular weight excluding hydrogens is 188 g/mol. The normalized spacial score (nSPS) is 10.3. The van der Waals surface area contributed by atoms with Crippen molar-refractivity contribution in [1.82, 2.24) is 0 Å². The predicted octanol–water partition coefficient (Wildman–Crippen LogP) is 2.92. The van der Waals surface area contributed by atoms with Crippen molar-refractivity contribution in [2.45, 2.75) is 40.0 Å². The van der Waals surface area contributed by atoms with Gasteiger partial charge in [-0.2, -0.15) is 0 Å². The average Bonchev–Trinajstić information content (AvgIpc) is 2.08. The van der Waals surface area contributed by atoms with Crippen LogP contribution in [0.1, 0.15) is 36.5 Å². The number of hydrogen-bond donors (Lipinski definition) is 1. The summed E-state index contributed by atoms with van der Waals surface area (Å²) in [5, 5.41) is 9.75. The van der Waals surface area contributed by atoms with Crippen LogP contribution < -0.4 is 0 Å². The smallest absolute Gasteiger partial charge is 0.129 e. The van der Waals surface area contributed by atoms with Gasteiger partial charge in [0.15, 0.2) is 0 Å². The van der Waals surface area contributed by atoms with E-state index in [9.17, 15) is 9.90 Å². The molecule has 15 heavy (non-hydrogen) atoms. The Morgan fingerprint density at radius 3 is 2.53 bits per heavy atom. The molecular formula is C13H18O2. The van der Waals surface area contributed by atoms with Gasteiger partial charge >= 0.3 is 0 Å². The summed E-state index contributed by atoms with van der Waals surface area (Å²) in [6.07, 6.45) is 2.18. The van der Waals surface area contributed by atoms with Crippen LogP contribution in [0.3, 0.4) is 0 Å². The van der Waals surface area contributed by atoms with Crippen molar-refractivity contribution < 1.29 is 9.90 Å². The number of aromatic hydroxyl groups is 1. The summed E-state index contributed by atoms with van der Waals surface area (Å²) in [7, 11) is 0. The molecule has 0 atom stereocenters. The molecule has 0 aromatic heterocycles. The van der Waals surface area contributed by atoms with Crippen LogP contribution in [0, 0.1) is 13.8 Å². The van der Waals surface area contributed by atoms with E-state index in [0.29, 0.717) is 12.2 Å². The lowest BCUT2D eigenvalue weighted by Gasteiger charge is -2.09. The van der Waals surface area contributed by atoms with Crippen LogP contribution in [0.5, 0.6) is 5.75 Å². The second-order valence-corrected chi connectivity index (χ2v) is 4.14. The van der Waals surface area contributed by atoms with Crippen LogP contribution in [0.4, 0.5) is 0 Å². The van der Waals surface area contributed by atoms with E-state index in [1.54, 1.807) is 13.0 Å². The fourth-order valence-corrected chi connectivity index (χ4v) is 1.81. The van der Waals surface area contributed by atoms with Gasteiger partial charge in [0.05, 0.1) is 0 Å². The van der Waals surface area contributed by atoms with E-state index in [1.165, 1.54) is 0 Å². The fourth-order valence-electron chi connectivity index (χ4n) is 1.81. The maximum absolute atomic E-state index is 10.8. The summed E-state index contributed by atoms with van der Waals surface area (Å²) in [4.78, 5) is 10.8. The molecule has 1 rings (SSSR count). The molecule has 82 valence electrons. The molecule has 1 aromatic rings. The van der Waals surface area contributed by atoms with E-state index >= 15 is 0 Å². The molecule has 1 N–H and O–H groups in total. The highest BCUT2D eigenvalue weighted by atomic mass is 16.3. The van der Waals surface area contributed by atoms with Crippen LogP contribution in [-0.4, -0.2) is 10.9 Å². The van der Waals surface area contributed by atoms with Gasteiger partial charge < -0.3 is 9.90 Å². The summed E-state index contributed by atoms with van der Waals surface area (Å²) in [6, 6.07) is 3.83. The Hall–Kier alpha value is -1.31. The molecule has 0 amide bonds. The highest BCUT2D eigenvalue weighted by Gasteiger charge is 2.06. The summed E-state index contributed by atoms with van der Waals surface area (Å²) < 4.78 is 0. The molecule has 1 aromatic carbocycles. The lowest BCUT2D eigenvalue weighted by molar-refractivity contribution is -0.117. The van der Waals surface area contributed by atoms with Crippen LogP contribution >= 0.6 is 0 Å². The monoisotopic (exact) mass is 206 g/mol. The number of phenols is 1. The number of hydrogen-bond acceptors (Lipinski definition) is 2.